The van der Waals surface area contributed by atoms with Crippen LogP contribution in [-0.4, -0.2) is 32.6 Å². The number of urea groups is 1. The van der Waals surface area contributed by atoms with Crippen LogP contribution < -0.4 is 15.5 Å². The van der Waals surface area contributed by atoms with Crippen molar-refractivity contribution < 1.29 is 22.8 Å². The Labute approximate surface area is 244 Å². The van der Waals surface area contributed by atoms with Gasteiger partial charge in [0.2, 0.25) is 0 Å². The highest BCUT2D eigenvalue weighted by Crippen LogP contribution is 2.34. The van der Waals surface area contributed by atoms with Gasteiger partial charge in [-0.15, -0.1) is 5.10 Å². The minimum Gasteiger partial charge on any atom is -0.308 e. The number of H-pyrrole nitrogens is 1. The van der Waals surface area contributed by atoms with E-state index in [2.05, 4.69) is 37.3 Å². The number of carbonyl (C=O) groups excluding carboxylic acids is 2. The Morgan fingerprint density at radius 3 is 2.40 bits per heavy atom. The van der Waals surface area contributed by atoms with Crippen molar-refractivity contribution >= 4 is 34.8 Å². The van der Waals surface area contributed by atoms with E-state index in [4.69, 9.17) is 5.26 Å². The van der Waals surface area contributed by atoms with E-state index in [-0.39, 0.29) is 18.2 Å². The number of hydrogen-bond donors (Lipinski definition) is 3. The van der Waals surface area contributed by atoms with Gasteiger partial charge in [-0.2, -0.15) is 23.6 Å². The van der Waals surface area contributed by atoms with Crippen LogP contribution in [-0.2, 0) is 12.7 Å². The van der Waals surface area contributed by atoms with E-state index in [0.717, 1.165) is 43.4 Å². The molecule has 1 aromatic heterocycles. The number of benzene rings is 3. The van der Waals surface area contributed by atoms with Crippen molar-refractivity contribution in [2.75, 3.05) is 15.5 Å². The zero-order valence-corrected chi connectivity index (χ0v) is 22.7. The van der Waals surface area contributed by atoms with E-state index in [1.165, 1.54) is 22.6 Å². The average molecular weight is 587 g/mol. The van der Waals surface area contributed by atoms with Gasteiger partial charge >= 0.3 is 12.2 Å². The summed E-state index contributed by atoms with van der Waals surface area (Å²) in [6.07, 6.45) is 1.68. The molecule has 13 heteroatoms. The Morgan fingerprint density at radius 2 is 1.77 bits per heavy atom. The van der Waals surface area contributed by atoms with Crippen LogP contribution in [0.1, 0.15) is 58.3 Å². The Kier molecular flexibility index (Phi) is 8.47. The molecule has 0 radical (unpaired) electrons. The number of carbonyl (C=O) groups is 2. The second kappa shape index (κ2) is 12.6. The van der Waals surface area contributed by atoms with Crippen LogP contribution in [0.5, 0.6) is 0 Å². The van der Waals surface area contributed by atoms with Crippen molar-refractivity contribution in [1.82, 2.24) is 20.6 Å². The fraction of sp³-hybridized carbons (Fsp3) is 0.200. The number of nitrogens with zero attached hydrogens (tertiary/aromatic N) is 5. The van der Waals surface area contributed by atoms with Crippen LogP contribution in [0.2, 0.25) is 0 Å². The highest BCUT2D eigenvalue weighted by molar-refractivity contribution is 6.03. The van der Waals surface area contributed by atoms with E-state index in [1.54, 1.807) is 36.4 Å². The summed E-state index contributed by atoms with van der Waals surface area (Å²) in [5, 5.41) is 27.1. The van der Waals surface area contributed by atoms with E-state index in [9.17, 15) is 22.8 Å². The first-order chi connectivity index (χ1) is 20.7. The molecule has 1 aliphatic carbocycles. The van der Waals surface area contributed by atoms with Crippen molar-refractivity contribution in [2.24, 2.45) is 0 Å². The number of amides is 3. The molecule has 0 unspecified atom stereocenters. The SMILES string of the molecule is N#Cc1ccc(NC(=O)N(Cc2ccc(C(=O)Nc3nn[nH]n3)cc2)c2ccc(C3=CCCCC3)cc2)cc1C(F)(F)F. The lowest BCUT2D eigenvalue weighted by Gasteiger charge is -2.24. The number of aromatic amines is 1. The van der Waals surface area contributed by atoms with Gasteiger partial charge in [0.1, 0.15) is 0 Å². The molecule has 43 heavy (non-hydrogen) atoms. The number of tetrazole rings is 1. The topological polar surface area (TPSA) is 140 Å². The van der Waals surface area contributed by atoms with Gasteiger partial charge in [-0.25, -0.2) is 4.79 Å². The summed E-state index contributed by atoms with van der Waals surface area (Å²) in [6, 6.07) is 17.7. The van der Waals surface area contributed by atoms with Gasteiger partial charge in [0.05, 0.1) is 23.7 Å². The Morgan fingerprint density at radius 1 is 1.00 bits per heavy atom. The van der Waals surface area contributed by atoms with Crippen LogP contribution in [0.15, 0.2) is 72.8 Å². The van der Waals surface area contributed by atoms with Gasteiger partial charge in [0.25, 0.3) is 11.9 Å². The summed E-state index contributed by atoms with van der Waals surface area (Å²) in [5.41, 5.74) is 1.97. The van der Waals surface area contributed by atoms with Gasteiger partial charge in [-0.05, 0) is 90.1 Å². The molecule has 0 saturated heterocycles. The fourth-order valence-electron chi connectivity index (χ4n) is 4.71. The molecule has 218 valence electrons. The molecule has 0 atom stereocenters. The molecule has 5 rings (SSSR count). The van der Waals surface area contributed by atoms with Crippen molar-refractivity contribution in [2.45, 2.75) is 38.4 Å². The van der Waals surface area contributed by atoms with E-state index in [1.807, 2.05) is 12.1 Å². The molecule has 3 amide bonds. The first-order valence-corrected chi connectivity index (χ1v) is 13.3. The van der Waals surface area contributed by atoms with Crippen molar-refractivity contribution in [3.63, 3.8) is 0 Å². The molecule has 0 aliphatic heterocycles. The normalized spacial score (nSPS) is 13.0. The molecule has 1 heterocycles. The minimum atomic E-state index is -4.77. The Hall–Kier alpha value is -5.51. The predicted octanol–water partition coefficient (Wildman–Crippen LogP) is 6.54. The number of alkyl halides is 3. The predicted molar refractivity (Wildman–Crippen MR) is 153 cm³/mol. The number of halogens is 3. The molecule has 0 spiro atoms. The molecule has 3 N–H and O–H groups in total. The summed E-state index contributed by atoms with van der Waals surface area (Å²) in [7, 11) is 0. The largest absolute Gasteiger partial charge is 0.417 e. The van der Waals surface area contributed by atoms with Crippen molar-refractivity contribution in [1.29, 1.82) is 5.26 Å². The van der Waals surface area contributed by atoms with Gasteiger partial charge in [0, 0.05) is 16.9 Å². The third-order valence-corrected chi connectivity index (χ3v) is 6.91. The van der Waals surface area contributed by atoms with Gasteiger partial charge in [0.15, 0.2) is 0 Å². The van der Waals surface area contributed by atoms with E-state index in [0.29, 0.717) is 16.8 Å². The highest BCUT2D eigenvalue weighted by atomic mass is 19.4. The van der Waals surface area contributed by atoms with Crippen LogP contribution in [0.3, 0.4) is 0 Å². The van der Waals surface area contributed by atoms with Crippen LogP contribution >= 0.6 is 0 Å². The standard InChI is InChI=1S/C30H25F3N8O2/c31-30(32,33)26-16-24(13-10-23(26)17-34)35-29(43)41(25-14-11-21(12-15-25)20-4-2-1-3-5-20)18-19-6-8-22(9-7-19)27(42)36-28-37-39-40-38-28/h4,6-16H,1-3,5,18H2,(H,35,43)(H2,36,37,38,39,40,42). The highest BCUT2D eigenvalue weighted by Gasteiger charge is 2.34. The number of rotatable bonds is 7. The van der Waals surface area contributed by atoms with Gasteiger partial charge in [-0.3, -0.25) is 15.0 Å². The molecule has 3 aromatic carbocycles. The number of nitrogens with one attached hydrogen (secondary N) is 3. The van der Waals surface area contributed by atoms with Crippen LogP contribution in [0.4, 0.5) is 35.3 Å². The molecule has 1 aliphatic rings. The summed E-state index contributed by atoms with van der Waals surface area (Å²) in [4.78, 5) is 27.4. The number of hydrogen-bond acceptors (Lipinski definition) is 6. The summed E-state index contributed by atoms with van der Waals surface area (Å²) in [5.74, 6) is -0.447. The second-order valence-electron chi connectivity index (χ2n) is 9.79. The molecule has 0 saturated carbocycles. The monoisotopic (exact) mass is 586 g/mol. The van der Waals surface area contributed by atoms with Crippen molar-refractivity contribution in [3.8, 4) is 6.07 Å². The fourth-order valence-corrected chi connectivity index (χ4v) is 4.71. The smallest absolute Gasteiger partial charge is 0.308 e. The molecule has 0 fully saturated rings. The summed E-state index contributed by atoms with van der Waals surface area (Å²) < 4.78 is 40.6. The number of aromatic nitrogens is 4. The second-order valence-corrected chi connectivity index (χ2v) is 9.79. The summed E-state index contributed by atoms with van der Waals surface area (Å²) >= 11 is 0. The molecule has 0 bridgehead atoms. The maximum Gasteiger partial charge on any atom is 0.417 e. The minimum absolute atomic E-state index is 0.0147. The van der Waals surface area contributed by atoms with Gasteiger partial charge < -0.3 is 5.32 Å². The lowest BCUT2D eigenvalue weighted by atomic mass is 9.93. The van der Waals surface area contributed by atoms with Crippen molar-refractivity contribution in [3.05, 3.63) is 101 Å². The Balaban J connectivity index is 1.40. The zero-order valence-electron chi connectivity index (χ0n) is 22.7. The number of nitriles is 1. The quantitative estimate of drug-likeness (QED) is 0.225. The third kappa shape index (κ3) is 7.05. The molecular formula is C30H25F3N8O2. The first-order valence-electron chi connectivity index (χ1n) is 13.3. The molecular weight excluding hydrogens is 561 g/mol. The molecule has 4 aromatic rings. The van der Waals surface area contributed by atoms with Gasteiger partial charge in [-0.1, -0.05) is 35.4 Å². The van der Waals surface area contributed by atoms with Crippen LogP contribution in [0, 0.1) is 11.3 Å². The van der Waals surface area contributed by atoms with E-state index >= 15 is 0 Å². The molecule has 10 nitrogen and oxygen atoms in total. The number of allylic oxidation sites excluding steroid dienone is 2. The lowest BCUT2D eigenvalue weighted by molar-refractivity contribution is -0.137. The Bertz CT molecular complexity index is 1680. The first kappa shape index (κ1) is 29.0. The number of anilines is 3. The summed E-state index contributed by atoms with van der Waals surface area (Å²) in [6.45, 7) is 0.0447. The third-order valence-electron chi connectivity index (χ3n) is 6.91. The van der Waals surface area contributed by atoms with Crippen LogP contribution in [0.25, 0.3) is 5.57 Å². The lowest BCUT2D eigenvalue weighted by Crippen LogP contribution is -2.34. The maximum atomic E-state index is 13.5. The van der Waals surface area contributed by atoms with E-state index < -0.39 is 29.2 Å². The maximum absolute atomic E-state index is 13.5. The average Bonchev–Trinajstić information content (AvgIpc) is 3.53. The zero-order chi connectivity index (χ0) is 30.4.